The van der Waals surface area contributed by atoms with Gasteiger partial charge in [0.15, 0.2) is 0 Å². The molecule has 2 rings (SSSR count). The van der Waals surface area contributed by atoms with Crippen molar-refractivity contribution in [3.05, 3.63) is 45.4 Å². The van der Waals surface area contributed by atoms with Gasteiger partial charge in [0.25, 0.3) is 0 Å². The van der Waals surface area contributed by atoms with E-state index in [9.17, 15) is 0 Å². The van der Waals surface area contributed by atoms with E-state index in [0.717, 1.165) is 22.0 Å². The Kier molecular flexibility index (Phi) is 3.99. The fourth-order valence-corrected chi connectivity index (χ4v) is 2.43. The Bertz CT molecular complexity index is 534. The number of hydrogen-bond acceptors (Lipinski definition) is 4. The Balaban J connectivity index is 2.15. The molecular weight excluding hydrogens is 244 g/mol. The van der Waals surface area contributed by atoms with Gasteiger partial charge in [0.05, 0.1) is 0 Å². The Hall–Kier alpha value is -1.39. The van der Waals surface area contributed by atoms with Crippen LogP contribution in [0.4, 0.5) is 0 Å². The van der Waals surface area contributed by atoms with Crippen LogP contribution in [0.3, 0.4) is 0 Å². The molecule has 2 aromatic rings. The third kappa shape index (κ3) is 3.09. The van der Waals surface area contributed by atoms with E-state index in [1.165, 1.54) is 5.56 Å². The SMILES string of the molecule is Cc1ccc(C(C)N)c(OCc2nc(C)cs2)c1. The molecule has 1 unspecified atom stereocenters. The summed E-state index contributed by atoms with van der Waals surface area (Å²) >= 11 is 1.62. The minimum Gasteiger partial charge on any atom is -0.486 e. The van der Waals surface area contributed by atoms with Crippen molar-refractivity contribution in [3.63, 3.8) is 0 Å². The quantitative estimate of drug-likeness (QED) is 0.919. The number of ether oxygens (including phenoxy) is 1. The van der Waals surface area contributed by atoms with Crippen LogP contribution in [0, 0.1) is 13.8 Å². The summed E-state index contributed by atoms with van der Waals surface area (Å²) in [5.74, 6) is 0.859. The number of nitrogens with two attached hydrogens (primary N) is 1. The van der Waals surface area contributed by atoms with Crippen molar-refractivity contribution in [3.8, 4) is 5.75 Å². The molecule has 0 bridgehead atoms. The summed E-state index contributed by atoms with van der Waals surface area (Å²) in [6, 6.07) is 6.08. The van der Waals surface area contributed by atoms with Crippen LogP contribution >= 0.6 is 11.3 Å². The maximum absolute atomic E-state index is 5.94. The smallest absolute Gasteiger partial charge is 0.140 e. The number of thiazole rings is 1. The maximum atomic E-state index is 5.94. The molecule has 1 atom stereocenters. The van der Waals surface area contributed by atoms with Gasteiger partial charge in [-0.05, 0) is 32.4 Å². The summed E-state index contributed by atoms with van der Waals surface area (Å²) in [5.41, 5.74) is 9.19. The average Bonchev–Trinajstić information content (AvgIpc) is 2.72. The van der Waals surface area contributed by atoms with Gasteiger partial charge in [-0.3, -0.25) is 0 Å². The van der Waals surface area contributed by atoms with Gasteiger partial charge in [-0.15, -0.1) is 11.3 Å². The van der Waals surface area contributed by atoms with E-state index in [2.05, 4.69) is 11.1 Å². The molecule has 1 aromatic carbocycles. The lowest BCUT2D eigenvalue weighted by Crippen LogP contribution is -2.08. The molecular formula is C14H18N2OS. The van der Waals surface area contributed by atoms with Crippen LogP contribution in [-0.4, -0.2) is 4.98 Å². The van der Waals surface area contributed by atoms with E-state index in [-0.39, 0.29) is 6.04 Å². The average molecular weight is 262 g/mol. The Morgan fingerprint density at radius 3 is 2.78 bits per heavy atom. The van der Waals surface area contributed by atoms with Gasteiger partial charge in [-0.25, -0.2) is 4.98 Å². The number of aryl methyl sites for hydroxylation is 2. The van der Waals surface area contributed by atoms with Gasteiger partial charge >= 0.3 is 0 Å². The molecule has 1 heterocycles. The molecule has 4 heteroatoms. The van der Waals surface area contributed by atoms with E-state index < -0.39 is 0 Å². The highest BCUT2D eigenvalue weighted by atomic mass is 32.1. The normalized spacial score (nSPS) is 12.4. The van der Waals surface area contributed by atoms with Gasteiger partial charge in [-0.2, -0.15) is 0 Å². The minimum absolute atomic E-state index is 0.0290. The molecule has 0 fully saturated rings. The van der Waals surface area contributed by atoms with Gasteiger partial charge in [-0.1, -0.05) is 12.1 Å². The van der Waals surface area contributed by atoms with Crippen LogP contribution in [0.25, 0.3) is 0 Å². The minimum atomic E-state index is -0.0290. The molecule has 0 saturated carbocycles. The predicted octanol–water partition coefficient (Wildman–Crippen LogP) is 3.36. The van der Waals surface area contributed by atoms with Crippen LogP contribution in [0.15, 0.2) is 23.6 Å². The van der Waals surface area contributed by atoms with E-state index in [4.69, 9.17) is 10.5 Å². The monoisotopic (exact) mass is 262 g/mol. The van der Waals surface area contributed by atoms with Gasteiger partial charge in [0.1, 0.15) is 17.4 Å². The number of rotatable bonds is 4. The second-order valence-electron chi connectivity index (χ2n) is 4.50. The van der Waals surface area contributed by atoms with Crippen molar-refractivity contribution in [2.24, 2.45) is 5.73 Å². The van der Waals surface area contributed by atoms with Crippen LogP contribution in [0.2, 0.25) is 0 Å². The summed E-state index contributed by atoms with van der Waals surface area (Å²) < 4.78 is 5.85. The zero-order valence-corrected chi connectivity index (χ0v) is 11.8. The molecule has 0 spiro atoms. The molecule has 0 aliphatic rings. The lowest BCUT2D eigenvalue weighted by Gasteiger charge is -2.14. The first-order valence-corrected chi connectivity index (χ1v) is 6.84. The summed E-state index contributed by atoms with van der Waals surface area (Å²) in [7, 11) is 0. The predicted molar refractivity (Wildman–Crippen MR) is 75.0 cm³/mol. The molecule has 0 aliphatic carbocycles. The summed E-state index contributed by atoms with van der Waals surface area (Å²) in [5, 5.41) is 3.02. The Morgan fingerprint density at radius 2 is 2.17 bits per heavy atom. The first-order chi connectivity index (χ1) is 8.56. The number of nitrogens with zero attached hydrogens (tertiary/aromatic N) is 1. The van der Waals surface area contributed by atoms with E-state index in [0.29, 0.717) is 6.61 Å². The first-order valence-electron chi connectivity index (χ1n) is 5.96. The third-order valence-corrected chi connectivity index (χ3v) is 3.62. The van der Waals surface area contributed by atoms with Crippen LogP contribution in [-0.2, 0) is 6.61 Å². The summed E-state index contributed by atoms with van der Waals surface area (Å²) in [6.07, 6.45) is 0. The summed E-state index contributed by atoms with van der Waals surface area (Å²) in [4.78, 5) is 4.38. The second-order valence-corrected chi connectivity index (χ2v) is 5.44. The highest BCUT2D eigenvalue weighted by Gasteiger charge is 2.09. The van der Waals surface area contributed by atoms with Crippen molar-refractivity contribution < 1.29 is 4.74 Å². The molecule has 0 radical (unpaired) electrons. The van der Waals surface area contributed by atoms with Crippen molar-refractivity contribution in [1.82, 2.24) is 4.98 Å². The largest absolute Gasteiger partial charge is 0.486 e. The molecule has 3 nitrogen and oxygen atoms in total. The van der Waals surface area contributed by atoms with E-state index in [1.807, 2.05) is 38.3 Å². The number of benzene rings is 1. The number of hydrogen-bond donors (Lipinski definition) is 1. The molecule has 2 N–H and O–H groups in total. The van der Waals surface area contributed by atoms with E-state index in [1.54, 1.807) is 11.3 Å². The van der Waals surface area contributed by atoms with Gasteiger partial charge in [0.2, 0.25) is 0 Å². The fraction of sp³-hybridized carbons (Fsp3) is 0.357. The molecule has 1 aromatic heterocycles. The van der Waals surface area contributed by atoms with Crippen molar-refractivity contribution >= 4 is 11.3 Å². The highest BCUT2D eigenvalue weighted by molar-refractivity contribution is 7.09. The van der Waals surface area contributed by atoms with Crippen LogP contribution in [0.5, 0.6) is 5.75 Å². The summed E-state index contributed by atoms with van der Waals surface area (Å²) in [6.45, 7) is 6.50. The maximum Gasteiger partial charge on any atom is 0.140 e. The standard InChI is InChI=1S/C14H18N2OS/c1-9-4-5-12(11(3)15)13(6-9)17-7-14-16-10(2)8-18-14/h4-6,8,11H,7,15H2,1-3H3. The van der Waals surface area contributed by atoms with Crippen molar-refractivity contribution in [1.29, 1.82) is 0 Å². The topological polar surface area (TPSA) is 48.1 Å². The van der Waals surface area contributed by atoms with Gasteiger partial charge < -0.3 is 10.5 Å². The van der Waals surface area contributed by atoms with Crippen LogP contribution < -0.4 is 10.5 Å². The number of aromatic nitrogens is 1. The molecule has 96 valence electrons. The second kappa shape index (κ2) is 5.50. The van der Waals surface area contributed by atoms with Crippen molar-refractivity contribution in [2.75, 3.05) is 0 Å². The molecule has 0 saturated heterocycles. The Morgan fingerprint density at radius 1 is 1.39 bits per heavy atom. The lowest BCUT2D eigenvalue weighted by atomic mass is 10.1. The Labute approximate surface area is 112 Å². The molecule has 0 aliphatic heterocycles. The highest BCUT2D eigenvalue weighted by Crippen LogP contribution is 2.26. The van der Waals surface area contributed by atoms with Crippen molar-refractivity contribution in [2.45, 2.75) is 33.4 Å². The molecule has 18 heavy (non-hydrogen) atoms. The fourth-order valence-electron chi connectivity index (χ4n) is 1.75. The van der Waals surface area contributed by atoms with Crippen LogP contribution in [0.1, 0.15) is 34.8 Å². The zero-order valence-electron chi connectivity index (χ0n) is 10.9. The lowest BCUT2D eigenvalue weighted by molar-refractivity contribution is 0.300. The third-order valence-electron chi connectivity index (χ3n) is 2.68. The van der Waals surface area contributed by atoms with Gasteiger partial charge in [0, 0.05) is 22.7 Å². The zero-order chi connectivity index (χ0) is 13.1. The molecule has 0 amide bonds. The van der Waals surface area contributed by atoms with E-state index >= 15 is 0 Å². The first kappa shape index (κ1) is 13.1.